The molecule has 0 saturated carbocycles. The van der Waals surface area contributed by atoms with E-state index in [1.54, 1.807) is 6.08 Å². The van der Waals surface area contributed by atoms with Gasteiger partial charge in [0, 0.05) is 13.0 Å². The van der Waals surface area contributed by atoms with Gasteiger partial charge in [-0.25, -0.2) is 4.79 Å². The molecule has 6 nitrogen and oxygen atoms in total. The summed E-state index contributed by atoms with van der Waals surface area (Å²) in [6.45, 7) is 5.89. The predicted molar refractivity (Wildman–Crippen MR) is 115 cm³/mol. The van der Waals surface area contributed by atoms with Crippen LogP contribution in [0.4, 0.5) is 0 Å². The molecule has 1 fully saturated rings. The first-order valence-corrected chi connectivity index (χ1v) is 10.2. The number of carbonyl (C=O) groups excluding carboxylic acids is 2. The second kappa shape index (κ2) is 9.84. The number of aliphatic carboxylic acids is 1. The average Bonchev–Trinajstić information content (AvgIpc) is 2.87. The van der Waals surface area contributed by atoms with Crippen LogP contribution in [0.25, 0.3) is 6.08 Å². The van der Waals surface area contributed by atoms with Crippen molar-refractivity contribution in [3.05, 3.63) is 40.3 Å². The lowest BCUT2D eigenvalue weighted by Gasteiger charge is -2.18. The molecule has 8 heteroatoms. The topological polar surface area (TPSA) is 86.7 Å². The maximum atomic E-state index is 12.6. The molecule has 28 heavy (non-hydrogen) atoms. The Bertz CT molecular complexity index is 803. The molecule has 0 aliphatic carbocycles. The van der Waals surface area contributed by atoms with E-state index >= 15 is 0 Å². The molecular formula is C20H24N2O4S2. The van der Waals surface area contributed by atoms with Crippen LogP contribution in [0.1, 0.15) is 37.8 Å². The molecule has 1 unspecified atom stereocenters. The van der Waals surface area contributed by atoms with Crippen LogP contribution in [0.5, 0.6) is 0 Å². The molecule has 1 heterocycles. The Balaban J connectivity index is 1.96. The van der Waals surface area contributed by atoms with E-state index < -0.39 is 17.9 Å². The molecule has 150 valence electrons. The monoisotopic (exact) mass is 420 g/mol. The number of carboxylic acid groups (broad SMARTS) is 1. The van der Waals surface area contributed by atoms with Crippen LogP contribution in [-0.4, -0.2) is 44.7 Å². The smallest absolute Gasteiger partial charge is 0.326 e. The highest BCUT2D eigenvalue weighted by Gasteiger charge is 2.32. The number of benzene rings is 1. The Morgan fingerprint density at radius 3 is 2.50 bits per heavy atom. The van der Waals surface area contributed by atoms with Gasteiger partial charge in [0.05, 0.1) is 4.91 Å². The summed E-state index contributed by atoms with van der Waals surface area (Å²) in [7, 11) is 0. The Kier molecular flexibility index (Phi) is 7.77. The van der Waals surface area contributed by atoms with E-state index in [4.69, 9.17) is 12.2 Å². The molecule has 0 radical (unpaired) electrons. The third-order valence-corrected chi connectivity index (χ3v) is 5.53. The van der Waals surface area contributed by atoms with Crippen LogP contribution >= 0.6 is 24.0 Å². The fourth-order valence-corrected chi connectivity index (χ4v) is 3.99. The molecule has 2 rings (SSSR count). The number of aryl methyl sites for hydroxylation is 1. The number of hydrogen-bond acceptors (Lipinski definition) is 5. The second-order valence-electron chi connectivity index (χ2n) is 7.08. The van der Waals surface area contributed by atoms with Gasteiger partial charge in [-0.15, -0.1) is 0 Å². The first-order chi connectivity index (χ1) is 13.2. The van der Waals surface area contributed by atoms with Crippen molar-refractivity contribution in [3.8, 4) is 0 Å². The van der Waals surface area contributed by atoms with Gasteiger partial charge < -0.3 is 10.4 Å². The summed E-state index contributed by atoms with van der Waals surface area (Å²) in [5.74, 6) is -1.57. The molecule has 1 aliphatic heterocycles. The average molecular weight is 421 g/mol. The van der Waals surface area contributed by atoms with E-state index in [1.807, 2.05) is 45.0 Å². The Morgan fingerprint density at radius 1 is 1.29 bits per heavy atom. The Morgan fingerprint density at radius 2 is 1.93 bits per heavy atom. The minimum absolute atomic E-state index is 0.00781. The van der Waals surface area contributed by atoms with Gasteiger partial charge in [-0.05, 0) is 30.9 Å². The highest BCUT2D eigenvalue weighted by molar-refractivity contribution is 8.26. The van der Waals surface area contributed by atoms with Crippen molar-refractivity contribution >= 4 is 52.2 Å². The molecule has 1 aromatic rings. The van der Waals surface area contributed by atoms with Crippen molar-refractivity contribution < 1.29 is 19.5 Å². The molecule has 1 atom stereocenters. The molecule has 1 aromatic carbocycles. The third kappa shape index (κ3) is 6.17. The van der Waals surface area contributed by atoms with Crippen LogP contribution in [0.3, 0.4) is 0 Å². The van der Waals surface area contributed by atoms with E-state index in [-0.39, 0.29) is 24.8 Å². The summed E-state index contributed by atoms with van der Waals surface area (Å²) in [5.41, 5.74) is 2.04. The number of carboxylic acids is 1. The van der Waals surface area contributed by atoms with Crippen molar-refractivity contribution in [1.82, 2.24) is 10.2 Å². The van der Waals surface area contributed by atoms with Crippen molar-refractivity contribution in [3.63, 3.8) is 0 Å². The molecule has 0 aromatic heterocycles. The van der Waals surface area contributed by atoms with Crippen molar-refractivity contribution in [2.24, 2.45) is 5.92 Å². The molecule has 1 aliphatic rings. The number of nitrogens with one attached hydrogen (secondary N) is 1. The zero-order chi connectivity index (χ0) is 20.8. The van der Waals surface area contributed by atoms with E-state index in [0.29, 0.717) is 15.6 Å². The molecule has 0 spiro atoms. The maximum Gasteiger partial charge on any atom is 0.326 e. The summed E-state index contributed by atoms with van der Waals surface area (Å²) >= 11 is 6.47. The summed E-state index contributed by atoms with van der Waals surface area (Å²) < 4.78 is 0.396. The maximum absolute atomic E-state index is 12.6. The summed E-state index contributed by atoms with van der Waals surface area (Å²) in [6.07, 6.45) is 2.12. The second-order valence-corrected chi connectivity index (χ2v) is 8.76. The number of hydrogen-bond donors (Lipinski definition) is 2. The van der Waals surface area contributed by atoms with Gasteiger partial charge in [0.15, 0.2) is 0 Å². The van der Waals surface area contributed by atoms with Crippen LogP contribution in [0.15, 0.2) is 29.2 Å². The van der Waals surface area contributed by atoms with Crippen molar-refractivity contribution in [1.29, 1.82) is 0 Å². The molecule has 1 saturated heterocycles. The largest absolute Gasteiger partial charge is 0.480 e. The van der Waals surface area contributed by atoms with Gasteiger partial charge in [0.25, 0.3) is 5.91 Å². The fourth-order valence-electron chi connectivity index (χ4n) is 2.68. The fraction of sp³-hybridized carbons (Fsp3) is 0.400. The molecule has 2 amide bonds. The van der Waals surface area contributed by atoms with Crippen LogP contribution in [0, 0.1) is 12.8 Å². The highest BCUT2D eigenvalue weighted by Crippen LogP contribution is 2.32. The number of thiocarbonyl (C=S) groups is 1. The number of carbonyl (C=O) groups is 3. The predicted octanol–water partition coefficient (Wildman–Crippen LogP) is 3.20. The van der Waals surface area contributed by atoms with Crippen molar-refractivity contribution in [2.75, 3.05) is 6.54 Å². The zero-order valence-electron chi connectivity index (χ0n) is 16.1. The number of amides is 2. The third-order valence-electron chi connectivity index (χ3n) is 4.15. The lowest BCUT2D eigenvalue weighted by molar-refractivity contribution is -0.142. The van der Waals surface area contributed by atoms with Crippen LogP contribution < -0.4 is 5.32 Å². The standard InChI is InChI=1S/C20H24N2O4S2/c1-12(2)10-15(19(25)26)21-17(23)8-9-22-18(24)16(28-20(22)27)11-14-6-4-13(3)5-7-14/h4-7,11-12,15H,8-10H2,1-3H3,(H,21,23)(H,25,26)/b16-11-. The van der Waals surface area contributed by atoms with E-state index in [0.717, 1.165) is 11.1 Å². The number of nitrogens with zero attached hydrogens (tertiary/aromatic N) is 1. The Hall–Kier alpha value is -2.19. The van der Waals surface area contributed by atoms with E-state index in [9.17, 15) is 19.5 Å². The molecule has 0 bridgehead atoms. The summed E-state index contributed by atoms with van der Waals surface area (Å²) in [4.78, 5) is 37.9. The van der Waals surface area contributed by atoms with Crippen LogP contribution in [0.2, 0.25) is 0 Å². The van der Waals surface area contributed by atoms with Gasteiger partial charge in [0.1, 0.15) is 10.4 Å². The van der Waals surface area contributed by atoms with Gasteiger partial charge in [-0.3, -0.25) is 14.5 Å². The lowest BCUT2D eigenvalue weighted by Crippen LogP contribution is -2.43. The first-order valence-electron chi connectivity index (χ1n) is 9.01. The summed E-state index contributed by atoms with van der Waals surface area (Å²) in [6, 6.07) is 6.85. The van der Waals surface area contributed by atoms with Gasteiger partial charge in [-0.1, -0.05) is 67.7 Å². The van der Waals surface area contributed by atoms with Gasteiger partial charge in [0.2, 0.25) is 5.91 Å². The molecular weight excluding hydrogens is 396 g/mol. The van der Waals surface area contributed by atoms with E-state index in [2.05, 4.69) is 5.32 Å². The van der Waals surface area contributed by atoms with Gasteiger partial charge in [-0.2, -0.15) is 0 Å². The first kappa shape index (κ1) is 22.1. The SMILES string of the molecule is Cc1ccc(/C=C2\SC(=S)N(CCC(=O)NC(CC(C)C)C(=O)O)C2=O)cc1. The number of thioether (sulfide) groups is 1. The van der Waals surface area contributed by atoms with Crippen molar-refractivity contribution in [2.45, 2.75) is 39.7 Å². The van der Waals surface area contributed by atoms with E-state index in [1.165, 1.54) is 16.7 Å². The number of rotatable bonds is 8. The lowest BCUT2D eigenvalue weighted by atomic mass is 10.0. The van der Waals surface area contributed by atoms with Gasteiger partial charge >= 0.3 is 5.97 Å². The minimum Gasteiger partial charge on any atom is -0.480 e. The normalized spacial score (nSPS) is 16.7. The molecule has 2 N–H and O–H groups in total. The Labute approximate surface area is 174 Å². The quantitative estimate of drug-likeness (QED) is 0.496. The minimum atomic E-state index is -1.06. The highest BCUT2D eigenvalue weighted by atomic mass is 32.2. The summed E-state index contributed by atoms with van der Waals surface area (Å²) in [5, 5.41) is 11.7. The van der Waals surface area contributed by atoms with Crippen LogP contribution in [-0.2, 0) is 14.4 Å². The zero-order valence-corrected chi connectivity index (χ0v) is 17.7.